The summed E-state index contributed by atoms with van der Waals surface area (Å²) in [6.07, 6.45) is 0. The van der Waals surface area contributed by atoms with Crippen molar-refractivity contribution in [3.63, 3.8) is 0 Å². The fourth-order valence-corrected chi connectivity index (χ4v) is 9.46. The van der Waals surface area contributed by atoms with Crippen molar-refractivity contribution in [1.82, 2.24) is 4.98 Å². The van der Waals surface area contributed by atoms with Crippen LogP contribution < -0.4 is 0 Å². The van der Waals surface area contributed by atoms with E-state index in [9.17, 15) is 0 Å². The summed E-state index contributed by atoms with van der Waals surface area (Å²) in [5.74, 6) is 0. The summed E-state index contributed by atoms with van der Waals surface area (Å²) in [6, 6.07) is 72.9. The van der Waals surface area contributed by atoms with E-state index in [1.165, 1.54) is 66.4 Å². The normalized spacial score (nSPS) is 13.3. The molecule has 2 aliphatic rings. The van der Waals surface area contributed by atoms with E-state index in [1.807, 2.05) is 0 Å². The highest BCUT2D eigenvalue weighted by Crippen LogP contribution is 2.57. The zero-order valence-electron chi connectivity index (χ0n) is 30.2. The Morgan fingerprint density at radius 2 is 0.945 bits per heavy atom. The third-order valence-corrected chi connectivity index (χ3v) is 11.8. The molecule has 0 bridgehead atoms. The number of pyridine rings is 1. The fourth-order valence-electron chi connectivity index (χ4n) is 9.46. The third-order valence-electron chi connectivity index (χ3n) is 11.8. The minimum atomic E-state index is -0.480. The molecule has 1 heterocycles. The molecule has 1 heteroatoms. The van der Waals surface area contributed by atoms with Crippen LogP contribution in [0.25, 0.3) is 72.2 Å². The van der Waals surface area contributed by atoms with E-state index in [0.29, 0.717) is 0 Å². The van der Waals surface area contributed by atoms with Crippen LogP contribution in [0.5, 0.6) is 0 Å². The highest BCUT2D eigenvalue weighted by molar-refractivity contribution is 6.14. The van der Waals surface area contributed by atoms with Gasteiger partial charge in [-0.3, -0.25) is 0 Å². The fraction of sp³-hybridized carbons (Fsp3) is 0.0185. The first-order chi connectivity index (χ1) is 27.2. The number of benzene rings is 8. The first-order valence-corrected chi connectivity index (χ1v) is 19.0. The third kappa shape index (κ3) is 4.63. The molecule has 0 N–H and O–H groups in total. The van der Waals surface area contributed by atoms with Gasteiger partial charge in [-0.2, -0.15) is 0 Å². The van der Waals surface area contributed by atoms with Crippen molar-refractivity contribution in [1.29, 1.82) is 0 Å². The molecule has 0 saturated heterocycles. The Balaban J connectivity index is 1.20. The van der Waals surface area contributed by atoms with E-state index >= 15 is 0 Å². The molecule has 9 aromatic rings. The largest absolute Gasteiger partial charge is 0.248 e. The van der Waals surface area contributed by atoms with Gasteiger partial charge in [-0.15, -0.1) is 0 Å². The van der Waals surface area contributed by atoms with Crippen LogP contribution in [0.15, 0.2) is 207 Å². The average molecular weight is 698 g/mol. The Morgan fingerprint density at radius 3 is 1.69 bits per heavy atom. The first kappa shape index (κ1) is 31.4. The number of hydrogen-bond donors (Lipinski definition) is 0. The van der Waals surface area contributed by atoms with Gasteiger partial charge >= 0.3 is 0 Å². The first-order valence-electron chi connectivity index (χ1n) is 19.0. The average Bonchev–Trinajstić information content (AvgIpc) is 3.73. The lowest BCUT2D eigenvalue weighted by Gasteiger charge is -2.34. The Kier molecular flexibility index (Phi) is 6.99. The Morgan fingerprint density at radius 1 is 0.364 bits per heavy atom. The van der Waals surface area contributed by atoms with E-state index in [1.54, 1.807) is 0 Å². The molecular weight excluding hydrogens is 663 g/mol. The molecule has 0 atom stereocenters. The molecule has 2 aliphatic carbocycles. The molecule has 55 heavy (non-hydrogen) atoms. The summed E-state index contributed by atoms with van der Waals surface area (Å²) < 4.78 is 0. The molecular formula is C54H35N. The van der Waals surface area contributed by atoms with Crippen molar-refractivity contribution in [3.8, 4) is 55.9 Å². The second kappa shape index (κ2) is 12.2. The number of hydrogen-bond acceptors (Lipinski definition) is 1. The van der Waals surface area contributed by atoms with Gasteiger partial charge in [-0.25, -0.2) is 4.98 Å². The second-order valence-corrected chi connectivity index (χ2v) is 14.7. The minimum absolute atomic E-state index is 0.480. The van der Waals surface area contributed by atoms with Gasteiger partial charge in [-0.1, -0.05) is 183 Å². The number of fused-ring (bicyclic) bond motifs is 8. The van der Waals surface area contributed by atoms with Gasteiger partial charge in [0.15, 0.2) is 0 Å². The van der Waals surface area contributed by atoms with E-state index in [2.05, 4.69) is 207 Å². The van der Waals surface area contributed by atoms with Crippen LogP contribution in [-0.2, 0) is 5.41 Å². The van der Waals surface area contributed by atoms with Crippen LogP contribution in [-0.4, -0.2) is 4.98 Å². The maximum atomic E-state index is 5.48. The van der Waals surface area contributed by atoms with Gasteiger partial charge in [0.05, 0.1) is 16.8 Å². The van der Waals surface area contributed by atoms with Crippen LogP contribution in [0.2, 0.25) is 0 Å². The Hall–Kier alpha value is -7.09. The zero-order valence-corrected chi connectivity index (χ0v) is 30.2. The molecule has 0 unspecified atom stereocenters. The Bertz CT molecular complexity index is 2940. The Labute approximate surface area is 321 Å². The SMILES string of the molecule is C=C1c2ccccc2-c2c(-c3cc(-c4ccc5c(c4)C(c4ccccc4)(c4ccccc4)c4ccccc4-5)cc(-c4ccccc4)n3)cc3ccccc3c21. The molecule has 0 radical (unpaired) electrons. The molecule has 0 spiro atoms. The molecule has 256 valence electrons. The van der Waals surface area contributed by atoms with Gasteiger partial charge < -0.3 is 0 Å². The van der Waals surface area contributed by atoms with Crippen molar-refractivity contribution in [3.05, 3.63) is 240 Å². The molecule has 1 nitrogen and oxygen atoms in total. The van der Waals surface area contributed by atoms with Gasteiger partial charge in [-0.05, 0) is 102 Å². The predicted molar refractivity (Wildman–Crippen MR) is 229 cm³/mol. The lowest BCUT2D eigenvalue weighted by atomic mass is 9.67. The van der Waals surface area contributed by atoms with Crippen molar-refractivity contribution < 1.29 is 0 Å². The van der Waals surface area contributed by atoms with Crippen LogP contribution >= 0.6 is 0 Å². The number of rotatable bonds is 5. The van der Waals surface area contributed by atoms with E-state index in [0.717, 1.165) is 39.2 Å². The van der Waals surface area contributed by atoms with Crippen molar-refractivity contribution in [2.45, 2.75) is 5.41 Å². The maximum absolute atomic E-state index is 5.48. The van der Waals surface area contributed by atoms with E-state index in [4.69, 9.17) is 4.98 Å². The smallest absolute Gasteiger partial charge is 0.0722 e. The molecule has 11 rings (SSSR count). The monoisotopic (exact) mass is 697 g/mol. The highest BCUT2D eigenvalue weighted by Gasteiger charge is 2.46. The van der Waals surface area contributed by atoms with Crippen LogP contribution in [0.1, 0.15) is 33.4 Å². The van der Waals surface area contributed by atoms with Crippen molar-refractivity contribution >= 4 is 16.3 Å². The van der Waals surface area contributed by atoms with E-state index < -0.39 is 5.41 Å². The number of aromatic nitrogens is 1. The lowest BCUT2D eigenvalue weighted by molar-refractivity contribution is 0.769. The summed E-state index contributed by atoms with van der Waals surface area (Å²) in [4.78, 5) is 5.48. The summed E-state index contributed by atoms with van der Waals surface area (Å²) >= 11 is 0. The standard InChI is InChI=1S/C54H35N/c1-35-42-24-13-14-27-46(42)53-47(31-38-19-11-12-25-43(38)52(35)53)51-34-39(33-50(55-51)36-17-5-2-6-18-36)37-29-30-45-44-26-15-16-28-48(44)54(49(45)32-37,40-20-7-3-8-21-40)41-22-9-4-10-23-41/h2-34H,1H2. The maximum Gasteiger partial charge on any atom is 0.0722 e. The molecule has 0 amide bonds. The molecule has 0 fully saturated rings. The molecule has 8 aromatic carbocycles. The van der Waals surface area contributed by atoms with E-state index in [-0.39, 0.29) is 0 Å². The minimum Gasteiger partial charge on any atom is -0.248 e. The molecule has 1 aromatic heterocycles. The highest BCUT2D eigenvalue weighted by atomic mass is 14.7. The molecule has 0 saturated carbocycles. The summed E-state index contributed by atoms with van der Waals surface area (Å²) in [7, 11) is 0. The van der Waals surface area contributed by atoms with Crippen LogP contribution in [0.3, 0.4) is 0 Å². The summed E-state index contributed by atoms with van der Waals surface area (Å²) in [5, 5.41) is 2.41. The lowest BCUT2D eigenvalue weighted by Crippen LogP contribution is -2.28. The summed E-state index contributed by atoms with van der Waals surface area (Å²) in [6.45, 7) is 4.65. The van der Waals surface area contributed by atoms with Crippen molar-refractivity contribution in [2.24, 2.45) is 0 Å². The van der Waals surface area contributed by atoms with Crippen molar-refractivity contribution in [2.75, 3.05) is 0 Å². The van der Waals surface area contributed by atoms with Gasteiger partial charge in [0.2, 0.25) is 0 Å². The predicted octanol–water partition coefficient (Wildman–Crippen LogP) is 13.6. The topological polar surface area (TPSA) is 12.9 Å². The quantitative estimate of drug-likeness (QED) is 0.174. The van der Waals surface area contributed by atoms with Gasteiger partial charge in [0.25, 0.3) is 0 Å². The van der Waals surface area contributed by atoms with Gasteiger partial charge in [0, 0.05) is 16.7 Å². The van der Waals surface area contributed by atoms with Crippen LogP contribution in [0.4, 0.5) is 0 Å². The van der Waals surface area contributed by atoms with Gasteiger partial charge in [0.1, 0.15) is 0 Å². The molecule has 0 aliphatic heterocycles. The summed E-state index contributed by atoms with van der Waals surface area (Å²) in [5.41, 5.74) is 19.5. The zero-order chi connectivity index (χ0) is 36.5. The number of nitrogens with zero attached hydrogens (tertiary/aromatic N) is 1. The second-order valence-electron chi connectivity index (χ2n) is 14.7. The van der Waals surface area contributed by atoms with Crippen LogP contribution in [0, 0.1) is 0 Å².